The van der Waals surface area contributed by atoms with Gasteiger partial charge in [0.2, 0.25) is 0 Å². The number of hydrogen-bond donors (Lipinski definition) is 1. The van der Waals surface area contributed by atoms with Gasteiger partial charge in [-0.3, -0.25) is 4.90 Å². The van der Waals surface area contributed by atoms with Gasteiger partial charge < -0.3 is 9.67 Å². The minimum atomic E-state index is 0.217. The summed E-state index contributed by atoms with van der Waals surface area (Å²) in [5.74, 6) is 1.01. The zero-order valence-corrected chi connectivity index (χ0v) is 8.43. The average Bonchev–Trinajstić information content (AvgIpc) is 2.74. The Morgan fingerprint density at radius 3 is 3.14 bits per heavy atom. The Kier molecular flexibility index (Phi) is 2.79. The second-order valence-electron chi connectivity index (χ2n) is 3.72. The van der Waals surface area contributed by atoms with Gasteiger partial charge in [-0.25, -0.2) is 0 Å². The number of rotatable bonds is 3. The molecule has 2 rings (SSSR count). The first-order valence-corrected chi connectivity index (χ1v) is 5.01. The lowest BCUT2D eigenvalue weighted by atomic mass is 10.2. The van der Waals surface area contributed by atoms with Gasteiger partial charge in [0.15, 0.2) is 0 Å². The van der Waals surface area contributed by atoms with E-state index in [1.165, 1.54) is 6.42 Å². The van der Waals surface area contributed by atoms with Crippen molar-refractivity contribution in [1.29, 1.82) is 0 Å². The second-order valence-corrected chi connectivity index (χ2v) is 3.72. The average molecular weight is 196 g/mol. The van der Waals surface area contributed by atoms with Crippen LogP contribution >= 0.6 is 0 Å². The fraction of sp³-hybridized carbons (Fsp3) is 0.778. The zero-order chi connectivity index (χ0) is 9.97. The third kappa shape index (κ3) is 1.65. The summed E-state index contributed by atoms with van der Waals surface area (Å²) in [7, 11) is 1.96. The lowest BCUT2D eigenvalue weighted by Gasteiger charge is -2.22. The van der Waals surface area contributed by atoms with Gasteiger partial charge in [0.05, 0.1) is 12.6 Å². The third-order valence-corrected chi connectivity index (χ3v) is 2.80. The minimum Gasteiger partial charge on any atom is -0.395 e. The van der Waals surface area contributed by atoms with Crippen LogP contribution in [0.4, 0.5) is 0 Å². The first-order valence-electron chi connectivity index (χ1n) is 5.01. The molecule has 5 heteroatoms. The molecule has 0 amide bonds. The molecule has 2 heterocycles. The molecule has 1 aromatic rings. The highest BCUT2D eigenvalue weighted by molar-refractivity contribution is 4.98. The van der Waals surface area contributed by atoms with E-state index in [0.29, 0.717) is 6.04 Å². The fourth-order valence-electron chi connectivity index (χ4n) is 2.11. The lowest BCUT2D eigenvalue weighted by Crippen LogP contribution is -2.28. The van der Waals surface area contributed by atoms with Crippen molar-refractivity contribution in [3.63, 3.8) is 0 Å². The first-order chi connectivity index (χ1) is 6.83. The maximum Gasteiger partial charge on any atom is 0.149 e. The lowest BCUT2D eigenvalue weighted by molar-refractivity contribution is 0.180. The van der Waals surface area contributed by atoms with Crippen LogP contribution in [0.3, 0.4) is 0 Å². The molecule has 1 saturated heterocycles. The molecule has 0 spiro atoms. The summed E-state index contributed by atoms with van der Waals surface area (Å²) in [6.45, 7) is 2.00. The van der Waals surface area contributed by atoms with Crippen molar-refractivity contribution in [3.05, 3.63) is 12.2 Å². The molecular formula is C9H16N4O. The summed E-state index contributed by atoms with van der Waals surface area (Å²) in [6, 6.07) is 0.342. The predicted molar refractivity (Wildman–Crippen MR) is 51.6 cm³/mol. The molecule has 1 aromatic heterocycles. The standard InChI is InChI=1S/C9H16N4O/c1-12-7-10-11-9(12)8-3-2-4-13(8)5-6-14/h7-8,14H,2-6H2,1H3. The van der Waals surface area contributed by atoms with Gasteiger partial charge in [0.25, 0.3) is 0 Å². The second kappa shape index (κ2) is 4.06. The van der Waals surface area contributed by atoms with Crippen LogP contribution in [0, 0.1) is 0 Å². The van der Waals surface area contributed by atoms with Crippen LogP contribution in [-0.2, 0) is 7.05 Å². The van der Waals surface area contributed by atoms with Crippen LogP contribution in [0.5, 0.6) is 0 Å². The van der Waals surface area contributed by atoms with Crippen LogP contribution in [0.1, 0.15) is 24.7 Å². The molecule has 1 fully saturated rings. The molecule has 5 nitrogen and oxygen atoms in total. The van der Waals surface area contributed by atoms with Gasteiger partial charge in [0, 0.05) is 13.6 Å². The molecule has 78 valence electrons. The largest absolute Gasteiger partial charge is 0.395 e. The Morgan fingerprint density at radius 1 is 1.64 bits per heavy atom. The molecular weight excluding hydrogens is 180 g/mol. The van der Waals surface area contributed by atoms with E-state index in [4.69, 9.17) is 5.11 Å². The van der Waals surface area contributed by atoms with E-state index in [1.54, 1.807) is 6.33 Å². The van der Waals surface area contributed by atoms with Crippen molar-refractivity contribution < 1.29 is 5.11 Å². The molecule has 1 unspecified atom stereocenters. The van der Waals surface area contributed by atoms with Gasteiger partial charge in [-0.15, -0.1) is 10.2 Å². The molecule has 0 aliphatic carbocycles. The molecule has 0 bridgehead atoms. The summed E-state index contributed by atoms with van der Waals surface area (Å²) in [5, 5.41) is 16.9. The van der Waals surface area contributed by atoms with E-state index in [9.17, 15) is 0 Å². The van der Waals surface area contributed by atoms with Crippen molar-refractivity contribution in [3.8, 4) is 0 Å². The Morgan fingerprint density at radius 2 is 2.50 bits per heavy atom. The molecule has 1 atom stereocenters. The van der Waals surface area contributed by atoms with E-state index in [-0.39, 0.29) is 6.61 Å². The van der Waals surface area contributed by atoms with E-state index in [0.717, 1.165) is 25.3 Å². The Bertz CT molecular complexity index is 299. The Labute approximate surface area is 83.4 Å². The Hall–Kier alpha value is -0.940. The third-order valence-electron chi connectivity index (χ3n) is 2.80. The highest BCUT2D eigenvalue weighted by atomic mass is 16.3. The number of aryl methyl sites for hydroxylation is 1. The summed E-state index contributed by atoms with van der Waals surface area (Å²) in [4.78, 5) is 2.27. The Balaban J connectivity index is 2.13. The molecule has 1 aliphatic heterocycles. The van der Waals surface area contributed by atoms with Crippen molar-refractivity contribution in [2.45, 2.75) is 18.9 Å². The summed E-state index contributed by atoms with van der Waals surface area (Å²) in [6.07, 6.45) is 4.02. The zero-order valence-electron chi connectivity index (χ0n) is 8.43. The molecule has 1 aliphatic rings. The van der Waals surface area contributed by atoms with Gasteiger partial charge in [-0.2, -0.15) is 0 Å². The number of aromatic nitrogens is 3. The fourth-order valence-corrected chi connectivity index (χ4v) is 2.11. The van der Waals surface area contributed by atoms with E-state index < -0.39 is 0 Å². The predicted octanol–water partition coefficient (Wildman–Crippen LogP) is -0.0557. The van der Waals surface area contributed by atoms with E-state index in [2.05, 4.69) is 15.1 Å². The number of aliphatic hydroxyl groups excluding tert-OH is 1. The molecule has 0 aromatic carbocycles. The normalized spacial score (nSPS) is 23.1. The number of nitrogens with zero attached hydrogens (tertiary/aromatic N) is 4. The highest BCUT2D eigenvalue weighted by Crippen LogP contribution is 2.29. The monoisotopic (exact) mass is 196 g/mol. The van der Waals surface area contributed by atoms with Crippen LogP contribution in [0.25, 0.3) is 0 Å². The van der Waals surface area contributed by atoms with Crippen molar-refractivity contribution in [1.82, 2.24) is 19.7 Å². The topological polar surface area (TPSA) is 54.2 Å². The number of hydrogen-bond acceptors (Lipinski definition) is 4. The van der Waals surface area contributed by atoms with Gasteiger partial charge in [-0.05, 0) is 19.4 Å². The van der Waals surface area contributed by atoms with Gasteiger partial charge >= 0.3 is 0 Å². The minimum absolute atomic E-state index is 0.217. The maximum absolute atomic E-state index is 8.93. The SMILES string of the molecule is Cn1cnnc1C1CCCN1CCO. The quantitative estimate of drug-likeness (QED) is 0.736. The number of aliphatic hydroxyl groups is 1. The number of likely N-dealkylation sites (tertiary alicyclic amines) is 1. The van der Waals surface area contributed by atoms with Crippen molar-refractivity contribution in [2.75, 3.05) is 19.7 Å². The summed E-state index contributed by atoms with van der Waals surface area (Å²) < 4.78 is 1.96. The van der Waals surface area contributed by atoms with Crippen LogP contribution in [0.15, 0.2) is 6.33 Å². The molecule has 1 N–H and O–H groups in total. The highest BCUT2D eigenvalue weighted by Gasteiger charge is 2.28. The smallest absolute Gasteiger partial charge is 0.149 e. The molecule has 14 heavy (non-hydrogen) atoms. The van der Waals surface area contributed by atoms with Gasteiger partial charge in [0.1, 0.15) is 12.2 Å². The van der Waals surface area contributed by atoms with Crippen molar-refractivity contribution >= 4 is 0 Å². The van der Waals surface area contributed by atoms with Crippen molar-refractivity contribution in [2.24, 2.45) is 7.05 Å². The molecule has 0 radical (unpaired) electrons. The summed E-state index contributed by atoms with van der Waals surface area (Å²) >= 11 is 0. The van der Waals surface area contributed by atoms with Crippen LogP contribution < -0.4 is 0 Å². The van der Waals surface area contributed by atoms with Crippen LogP contribution in [-0.4, -0.2) is 44.5 Å². The van der Waals surface area contributed by atoms with Gasteiger partial charge in [-0.1, -0.05) is 0 Å². The first kappa shape index (κ1) is 9.61. The summed E-state index contributed by atoms with van der Waals surface area (Å²) in [5.41, 5.74) is 0. The maximum atomic E-state index is 8.93. The number of β-amino-alcohol motifs (C(OH)–C–C–N with tert-alkyl or cyclic N) is 1. The molecule has 0 saturated carbocycles. The van der Waals surface area contributed by atoms with E-state index in [1.807, 2.05) is 11.6 Å². The van der Waals surface area contributed by atoms with E-state index >= 15 is 0 Å². The van der Waals surface area contributed by atoms with Crippen LogP contribution in [0.2, 0.25) is 0 Å².